The maximum atomic E-state index is 11.7. The molecule has 0 bridgehead atoms. The zero-order valence-electron chi connectivity index (χ0n) is 12.7. The molecule has 0 unspecified atom stereocenters. The molecule has 22 heavy (non-hydrogen) atoms. The van der Waals surface area contributed by atoms with Crippen LogP contribution in [0.3, 0.4) is 0 Å². The quantitative estimate of drug-likeness (QED) is 0.604. The van der Waals surface area contributed by atoms with Crippen molar-refractivity contribution in [3.05, 3.63) is 30.2 Å². The van der Waals surface area contributed by atoms with Crippen molar-refractivity contribution in [1.82, 2.24) is 10.6 Å². The van der Waals surface area contributed by atoms with Gasteiger partial charge in [-0.2, -0.15) is 0 Å². The first-order valence-corrected chi connectivity index (χ1v) is 6.96. The van der Waals surface area contributed by atoms with Gasteiger partial charge in [0.25, 0.3) is 0 Å². The third kappa shape index (κ3) is 6.74. The summed E-state index contributed by atoms with van der Waals surface area (Å²) < 4.78 is 5.03. The Morgan fingerprint density at radius 1 is 1.36 bits per heavy atom. The summed E-state index contributed by atoms with van der Waals surface area (Å²) in [5.74, 6) is -0.754. The van der Waals surface area contributed by atoms with Gasteiger partial charge in [-0.3, -0.25) is 14.4 Å². The predicted molar refractivity (Wildman–Crippen MR) is 81.3 cm³/mol. The molecule has 1 aromatic rings. The minimum Gasteiger partial charge on any atom is -0.465 e. The maximum Gasteiger partial charge on any atom is 0.244 e. The molecule has 0 aromatic carbocycles. The zero-order valence-corrected chi connectivity index (χ0v) is 12.7. The van der Waals surface area contributed by atoms with Gasteiger partial charge in [-0.05, 0) is 30.5 Å². The Labute approximate surface area is 128 Å². The van der Waals surface area contributed by atoms with Gasteiger partial charge >= 0.3 is 0 Å². The number of carbonyl (C=O) groups excluding carboxylic acids is 3. The first-order chi connectivity index (χ1) is 10.4. The molecule has 3 amide bonds. The highest BCUT2D eigenvalue weighted by atomic mass is 16.3. The van der Waals surface area contributed by atoms with Gasteiger partial charge in [-0.15, -0.1) is 0 Å². The molecule has 1 rings (SSSR count). The van der Waals surface area contributed by atoms with Gasteiger partial charge < -0.3 is 20.8 Å². The van der Waals surface area contributed by atoms with Crippen molar-refractivity contribution < 1.29 is 18.8 Å². The molecule has 7 heteroatoms. The Morgan fingerprint density at radius 3 is 2.64 bits per heavy atom. The molecular formula is C15H21N3O4. The van der Waals surface area contributed by atoms with Crippen molar-refractivity contribution in [2.75, 3.05) is 6.54 Å². The number of nitrogens with two attached hydrogens (primary N) is 1. The fourth-order valence-corrected chi connectivity index (χ4v) is 1.73. The molecule has 0 spiro atoms. The van der Waals surface area contributed by atoms with Crippen LogP contribution in [0.2, 0.25) is 0 Å². The summed E-state index contributed by atoms with van der Waals surface area (Å²) in [4.78, 5) is 34.5. The normalized spacial score (nSPS) is 12.3. The minimum atomic E-state index is -0.733. The van der Waals surface area contributed by atoms with Crippen LogP contribution in [0.25, 0.3) is 6.08 Å². The van der Waals surface area contributed by atoms with Crippen molar-refractivity contribution in [2.24, 2.45) is 11.7 Å². The average Bonchev–Trinajstić information content (AvgIpc) is 2.94. The number of hydrogen-bond acceptors (Lipinski definition) is 4. The standard InChI is InChI=1S/C15H21N3O4/c1-10(2)8-12(15(16)21)18-14(20)9-17-13(19)6-5-11-4-3-7-22-11/h3-7,10,12H,8-9H2,1-2H3,(H2,16,21)(H,17,19)(H,18,20)/b6-5+/t12-/m0/s1. The van der Waals surface area contributed by atoms with Crippen LogP contribution in [0.1, 0.15) is 26.0 Å². The summed E-state index contributed by atoms with van der Waals surface area (Å²) in [6.45, 7) is 3.61. The van der Waals surface area contributed by atoms with Gasteiger partial charge in [0, 0.05) is 6.08 Å². The van der Waals surface area contributed by atoms with Gasteiger partial charge in [-0.25, -0.2) is 0 Å². The van der Waals surface area contributed by atoms with Crippen molar-refractivity contribution in [3.8, 4) is 0 Å². The number of amides is 3. The third-order valence-corrected chi connectivity index (χ3v) is 2.75. The molecule has 0 fully saturated rings. The number of primary amides is 1. The highest BCUT2D eigenvalue weighted by Crippen LogP contribution is 2.04. The Morgan fingerprint density at radius 2 is 2.09 bits per heavy atom. The van der Waals surface area contributed by atoms with E-state index in [9.17, 15) is 14.4 Å². The van der Waals surface area contributed by atoms with Gasteiger partial charge in [0.1, 0.15) is 11.8 Å². The molecule has 0 aliphatic heterocycles. The van der Waals surface area contributed by atoms with Crippen LogP contribution in [0.5, 0.6) is 0 Å². The second kappa shape index (κ2) is 8.66. The van der Waals surface area contributed by atoms with E-state index in [1.54, 1.807) is 12.1 Å². The molecule has 7 nitrogen and oxygen atoms in total. The Balaban J connectivity index is 2.38. The monoisotopic (exact) mass is 307 g/mol. The Kier molecular flexibility index (Phi) is 6.88. The number of furan rings is 1. The summed E-state index contributed by atoms with van der Waals surface area (Å²) in [7, 11) is 0. The summed E-state index contributed by atoms with van der Waals surface area (Å²) in [6.07, 6.45) is 4.68. The largest absolute Gasteiger partial charge is 0.465 e. The fraction of sp³-hybridized carbons (Fsp3) is 0.400. The molecule has 0 saturated carbocycles. The second-order valence-electron chi connectivity index (χ2n) is 5.22. The third-order valence-electron chi connectivity index (χ3n) is 2.75. The highest BCUT2D eigenvalue weighted by Gasteiger charge is 2.19. The van der Waals surface area contributed by atoms with Crippen molar-refractivity contribution in [2.45, 2.75) is 26.3 Å². The predicted octanol–water partition coefficient (Wildman–Crippen LogP) is 0.425. The number of nitrogens with one attached hydrogen (secondary N) is 2. The van der Waals surface area contributed by atoms with E-state index in [0.29, 0.717) is 12.2 Å². The first kappa shape index (κ1) is 17.5. The number of carbonyl (C=O) groups is 3. The van der Waals surface area contributed by atoms with E-state index in [1.807, 2.05) is 13.8 Å². The SMILES string of the molecule is CC(C)C[C@H](NC(=O)CNC(=O)/C=C/c1ccco1)C(N)=O. The lowest BCUT2D eigenvalue weighted by Gasteiger charge is -2.17. The van der Waals surface area contributed by atoms with Crippen LogP contribution in [-0.4, -0.2) is 30.3 Å². The van der Waals surface area contributed by atoms with Crippen LogP contribution < -0.4 is 16.4 Å². The molecular weight excluding hydrogens is 286 g/mol. The lowest BCUT2D eigenvalue weighted by Crippen LogP contribution is -2.48. The van der Waals surface area contributed by atoms with Crippen molar-refractivity contribution >= 4 is 23.8 Å². The van der Waals surface area contributed by atoms with Crippen molar-refractivity contribution in [1.29, 1.82) is 0 Å². The molecule has 0 radical (unpaired) electrons. The molecule has 1 heterocycles. The number of rotatable bonds is 8. The van der Waals surface area contributed by atoms with Crippen molar-refractivity contribution in [3.63, 3.8) is 0 Å². The lowest BCUT2D eigenvalue weighted by atomic mass is 10.0. The van der Waals surface area contributed by atoms with Crippen LogP contribution in [0.15, 0.2) is 28.9 Å². The van der Waals surface area contributed by atoms with Gasteiger partial charge in [-0.1, -0.05) is 13.8 Å². The molecule has 1 aromatic heterocycles. The van der Waals surface area contributed by atoms with Crippen LogP contribution in [-0.2, 0) is 14.4 Å². The molecule has 1 atom stereocenters. The van der Waals surface area contributed by atoms with E-state index >= 15 is 0 Å². The summed E-state index contributed by atoms with van der Waals surface area (Å²) in [5.41, 5.74) is 5.23. The smallest absolute Gasteiger partial charge is 0.244 e. The molecule has 0 aliphatic rings. The summed E-state index contributed by atoms with van der Waals surface area (Å²) in [6, 6.07) is 2.66. The van der Waals surface area contributed by atoms with E-state index in [2.05, 4.69) is 10.6 Å². The number of hydrogen-bond donors (Lipinski definition) is 3. The van der Waals surface area contributed by atoms with E-state index in [0.717, 1.165) is 0 Å². The Hall–Kier alpha value is -2.57. The maximum absolute atomic E-state index is 11.7. The first-order valence-electron chi connectivity index (χ1n) is 6.96. The minimum absolute atomic E-state index is 0.212. The molecule has 0 saturated heterocycles. The molecule has 0 aliphatic carbocycles. The summed E-state index contributed by atoms with van der Waals surface area (Å²) in [5, 5.41) is 4.91. The van der Waals surface area contributed by atoms with E-state index in [-0.39, 0.29) is 12.5 Å². The second-order valence-corrected chi connectivity index (χ2v) is 5.22. The average molecular weight is 307 g/mol. The van der Waals surface area contributed by atoms with Gasteiger partial charge in [0.2, 0.25) is 17.7 Å². The van der Waals surface area contributed by atoms with Gasteiger partial charge in [0.05, 0.1) is 12.8 Å². The fourth-order valence-electron chi connectivity index (χ4n) is 1.73. The lowest BCUT2D eigenvalue weighted by molar-refractivity contribution is -0.128. The highest BCUT2D eigenvalue weighted by molar-refractivity contribution is 5.94. The molecule has 120 valence electrons. The van der Waals surface area contributed by atoms with Crippen LogP contribution in [0, 0.1) is 5.92 Å². The Bertz CT molecular complexity index is 535. The van der Waals surface area contributed by atoms with E-state index in [1.165, 1.54) is 18.4 Å². The van der Waals surface area contributed by atoms with E-state index < -0.39 is 23.8 Å². The summed E-state index contributed by atoms with van der Waals surface area (Å²) >= 11 is 0. The zero-order chi connectivity index (χ0) is 16.5. The van der Waals surface area contributed by atoms with Gasteiger partial charge in [0.15, 0.2) is 0 Å². The molecule has 4 N–H and O–H groups in total. The van der Waals surface area contributed by atoms with Crippen LogP contribution >= 0.6 is 0 Å². The van der Waals surface area contributed by atoms with E-state index in [4.69, 9.17) is 10.2 Å². The van der Waals surface area contributed by atoms with Crippen LogP contribution in [0.4, 0.5) is 0 Å². The topological polar surface area (TPSA) is 114 Å².